The third-order valence-electron chi connectivity index (χ3n) is 4.07. The van der Waals surface area contributed by atoms with Crippen LogP contribution in [0.5, 0.6) is 0 Å². The zero-order chi connectivity index (χ0) is 14.5. The maximum atomic E-state index is 11.4. The van der Waals surface area contributed by atoms with E-state index in [1.807, 2.05) is 18.7 Å². The Morgan fingerprint density at radius 2 is 2.33 bits per heavy atom. The molecule has 3 rings (SSSR count). The molecule has 0 radical (unpaired) electrons. The van der Waals surface area contributed by atoms with E-state index in [0.29, 0.717) is 5.92 Å². The summed E-state index contributed by atoms with van der Waals surface area (Å²) in [7, 11) is 0. The molecule has 0 spiro atoms. The molecule has 0 aromatic carbocycles. The maximum Gasteiger partial charge on any atom is 0.250 e. The van der Waals surface area contributed by atoms with Gasteiger partial charge in [0.25, 0.3) is 5.56 Å². The highest BCUT2D eigenvalue weighted by molar-refractivity contribution is 5.07. The Bertz CT molecular complexity index is 607. The third-order valence-corrected chi connectivity index (χ3v) is 4.07. The first-order valence-corrected chi connectivity index (χ1v) is 7.54. The summed E-state index contributed by atoms with van der Waals surface area (Å²) < 4.78 is 2.11. The Labute approximate surface area is 123 Å². The van der Waals surface area contributed by atoms with Crippen molar-refractivity contribution in [1.29, 1.82) is 0 Å². The number of imidazole rings is 1. The van der Waals surface area contributed by atoms with Crippen LogP contribution in [0.1, 0.15) is 30.9 Å². The summed E-state index contributed by atoms with van der Waals surface area (Å²) >= 11 is 0. The van der Waals surface area contributed by atoms with Crippen molar-refractivity contribution in [2.75, 3.05) is 19.6 Å². The molecule has 0 amide bonds. The first-order valence-electron chi connectivity index (χ1n) is 7.54. The minimum absolute atomic E-state index is 0.0581. The average molecular weight is 287 g/mol. The van der Waals surface area contributed by atoms with E-state index in [2.05, 4.69) is 24.4 Å². The molecule has 1 atom stereocenters. The number of H-pyrrole nitrogens is 1. The van der Waals surface area contributed by atoms with Crippen LogP contribution in [0.3, 0.4) is 0 Å². The second-order valence-electron chi connectivity index (χ2n) is 5.63. The molecule has 2 aromatic rings. The summed E-state index contributed by atoms with van der Waals surface area (Å²) in [5.74, 6) is 0.384. The van der Waals surface area contributed by atoms with Crippen molar-refractivity contribution in [2.45, 2.75) is 31.7 Å². The standard InChI is InChI=1S/C15H21N5O/c21-15-9-14(17-11-18-15)13-3-1-5-19(10-13)6-2-7-20-8-4-16-12-20/h4,8-9,11-13H,1-3,5-7,10H2,(H,17,18,21). The number of hydrogen-bond donors (Lipinski definition) is 1. The highest BCUT2D eigenvalue weighted by Gasteiger charge is 2.22. The Kier molecular flexibility index (Phi) is 4.45. The van der Waals surface area contributed by atoms with E-state index in [-0.39, 0.29) is 5.56 Å². The first kappa shape index (κ1) is 14.0. The zero-order valence-corrected chi connectivity index (χ0v) is 12.1. The predicted molar refractivity (Wildman–Crippen MR) is 80.1 cm³/mol. The van der Waals surface area contributed by atoms with Crippen molar-refractivity contribution < 1.29 is 0 Å². The van der Waals surface area contributed by atoms with Gasteiger partial charge in [-0.2, -0.15) is 0 Å². The normalized spacial score (nSPS) is 19.7. The fourth-order valence-corrected chi connectivity index (χ4v) is 3.00. The molecular weight excluding hydrogens is 266 g/mol. The van der Waals surface area contributed by atoms with Gasteiger partial charge in [-0.15, -0.1) is 0 Å². The van der Waals surface area contributed by atoms with E-state index < -0.39 is 0 Å². The van der Waals surface area contributed by atoms with Gasteiger partial charge in [0.2, 0.25) is 0 Å². The Hall–Kier alpha value is -1.95. The molecule has 0 bridgehead atoms. The van der Waals surface area contributed by atoms with Gasteiger partial charge in [-0.05, 0) is 32.4 Å². The Morgan fingerprint density at radius 3 is 3.14 bits per heavy atom. The van der Waals surface area contributed by atoms with Crippen molar-refractivity contribution in [3.63, 3.8) is 0 Å². The van der Waals surface area contributed by atoms with E-state index in [9.17, 15) is 4.79 Å². The topological polar surface area (TPSA) is 66.8 Å². The molecule has 6 nitrogen and oxygen atoms in total. The van der Waals surface area contributed by atoms with Gasteiger partial charge < -0.3 is 14.5 Å². The van der Waals surface area contributed by atoms with Crippen LogP contribution < -0.4 is 5.56 Å². The number of piperidine rings is 1. The number of aromatic nitrogens is 4. The summed E-state index contributed by atoms with van der Waals surface area (Å²) in [4.78, 5) is 24.8. The number of aryl methyl sites for hydroxylation is 1. The van der Waals surface area contributed by atoms with E-state index in [1.165, 1.54) is 12.7 Å². The molecule has 1 unspecified atom stereocenters. The monoisotopic (exact) mass is 287 g/mol. The van der Waals surface area contributed by atoms with Crippen LogP contribution in [0.2, 0.25) is 0 Å². The van der Waals surface area contributed by atoms with Gasteiger partial charge in [0.05, 0.1) is 18.3 Å². The number of aromatic amines is 1. The van der Waals surface area contributed by atoms with Gasteiger partial charge in [0.15, 0.2) is 0 Å². The van der Waals surface area contributed by atoms with Crippen LogP contribution in [-0.2, 0) is 6.54 Å². The van der Waals surface area contributed by atoms with Crippen molar-refractivity contribution in [3.05, 3.63) is 47.2 Å². The quantitative estimate of drug-likeness (QED) is 0.898. The smallest absolute Gasteiger partial charge is 0.250 e. The lowest BCUT2D eigenvalue weighted by Gasteiger charge is -2.32. The second-order valence-corrected chi connectivity index (χ2v) is 5.63. The van der Waals surface area contributed by atoms with Gasteiger partial charge in [-0.1, -0.05) is 0 Å². The molecule has 1 aliphatic rings. The fraction of sp³-hybridized carbons (Fsp3) is 0.533. The van der Waals surface area contributed by atoms with Gasteiger partial charge in [-0.3, -0.25) is 4.79 Å². The fourth-order valence-electron chi connectivity index (χ4n) is 3.00. The van der Waals surface area contributed by atoms with Crippen LogP contribution >= 0.6 is 0 Å². The van der Waals surface area contributed by atoms with Crippen molar-refractivity contribution in [1.82, 2.24) is 24.4 Å². The molecular formula is C15H21N5O. The molecule has 0 saturated carbocycles. The summed E-state index contributed by atoms with van der Waals surface area (Å²) in [5, 5.41) is 0. The summed E-state index contributed by atoms with van der Waals surface area (Å²) in [5.41, 5.74) is 0.871. The number of nitrogens with one attached hydrogen (secondary N) is 1. The number of hydrogen-bond acceptors (Lipinski definition) is 4. The lowest BCUT2D eigenvalue weighted by atomic mass is 9.94. The van der Waals surface area contributed by atoms with Gasteiger partial charge in [0.1, 0.15) is 0 Å². The van der Waals surface area contributed by atoms with Crippen LogP contribution in [0.25, 0.3) is 0 Å². The van der Waals surface area contributed by atoms with Crippen molar-refractivity contribution in [2.24, 2.45) is 0 Å². The summed E-state index contributed by atoms with van der Waals surface area (Å²) in [6.45, 7) is 4.23. The zero-order valence-electron chi connectivity index (χ0n) is 12.1. The molecule has 1 saturated heterocycles. The van der Waals surface area contributed by atoms with Gasteiger partial charge in [0, 0.05) is 37.5 Å². The molecule has 1 fully saturated rings. The summed E-state index contributed by atoms with van der Waals surface area (Å²) in [6.07, 6.45) is 10.6. The largest absolute Gasteiger partial charge is 0.337 e. The van der Waals surface area contributed by atoms with Gasteiger partial charge in [-0.25, -0.2) is 9.97 Å². The predicted octanol–water partition coefficient (Wildman–Crippen LogP) is 1.24. The molecule has 21 heavy (non-hydrogen) atoms. The summed E-state index contributed by atoms with van der Waals surface area (Å²) in [6, 6.07) is 1.64. The van der Waals surface area contributed by atoms with Crippen LogP contribution in [0.4, 0.5) is 0 Å². The average Bonchev–Trinajstić information content (AvgIpc) is 3.01. The highest BCUT2D eigenvalue weighted by Crippen LogP contribution is 2.24. The first-order chi connectivity index (χ1) is 10.3. The van der Waals surface area contributed by atoms with E-state index in [0.717, 1.165) is 44.7 Å². The van der Waals surface area contributed by atoms with E-state index in [4.69, 9.17) is 0 Å². The molecule has 1 N–H and O–H groups in total. The minimum Gasteiger partial charge on any atom is -0.337 e. The maximum absolute atomic E-state index is 11.4. The van der Waals surface area contributed by atoms with Gasteiger partial charge >= 0.3 is 0 Å². The molecule has 112 valence electrons. The third kappa shape index (κ3) is 3.78. The molecule has 2 aromatic heterocycles. The number of likely N-dealkylation sites (tertiary alicyclic amines) is 1. The SMILES string of the molecule is O=c1cc(C2CCCN(CCCn3ccnc3)C2)nc[nH]1. The van der Waals surface area contributed by atoms with Crippen LogP contribution in [0, 0.1) is 0 Å². The molecule has 6 heteroatoms. The van der Waals surface area contributed by atoms with Crippen LogP contribution in [-0.4, -0.2) is 44.1 Å². The van der Waals surface area contributed by atoms with Crippen LogP contribution in [0.15, 0.2) is 35.9 Å². The van der Waals surface area contributed by atoms with Crippen molar-refractivity contribution in [3.8, 4) is 0 Å². The lowest BCUT2D eigenvalue weighted by molar-refractivity contribution is 0.201. The number of rotatable bonds is 5. The minimum atomic E-state index is -0.0581. The lowest BCUT2D eigenvalue weighted by Crippen LogP contribution is -2.36. The molecule has 0 aliphatic carbocycles. The second kappa shape index (κ2) is 6.67. The Morgan fingerprint density at radius 1 is 1.38 bits per heavy atom. The van der Waals surface area contributed by atoms with E-state index in [1.54, 1.807) is 6.07 Å². The van der Waals surface area contributed by atoms with Crippen molar-refractivity contribution >= 4 is 0 Å². The molecule has 3 heterocycles. The molecule has 1 aliphatic heterocycles. The number of nitrogens with zero attached hydrogens (tertiary/aromatic N) is 4. The highest BCUT2D eigenvalue weighted by atomic mass is 16.1. The van der Waals surface area contributed by atoms with E-state index >= 15 is 0 Å². The Balaban J connectivity index is 1.52.